The maximum absolute atomic E-state index is 12.3. The van der Waals surface area contributed by atoms with Gasteiger partial charge in [-0.3, -0.25) is 25.1 Å². The molecule has 10 heteroatoms. The summed E-state index contributed by atoms with van der Waals surface area (Å²) in [5, 5.41) is 4.80. The van der Waals surface area contributed by atoms with Crippen LogP contribution in [0.1, 0.15) is 16.6 Å². The third-order valence-electron chi connectivity index (χ3n) is 4.60. The van der Waals surface area contributed by atoms with E-state index in [0.717, 1.165) is 30.3 Å². The van der Waals surface area contributed by atoms with Crippen molar-refractivity contribution in [3.8, 4) is 0 Å². The van der Waals surface area contributed by atoms with Gasteiger partial charge in [0.1, 0.15) is 11.9 Å². The van der Waals surface area contributed by atoms with Crippen LogP contribution >= 0.6 is 22.9 Å². The lowest BCUT2D eigenvalue weighted by Gasteiger charge is -2.29. The summed E-state index contributed by atoms with van der Waals surface area (Å²) in [4.78, 5) is 30.8. The molecule has 0 spiro atoms. The molecule has 2 aliphatic rings. The van der Waals surface area contributed by atoms with Gasteiger partial charge in [-0.1, -0.05) is 11.6 Å². The number of halogens is 1. The molecule has 2 aromatic rings. The van der Waals surface area contributed by atoms with Crippen LogP contribution in [0.5, 0.6) is 0 Å². The number of cyclic esters (lactones) is 1. The van der Waals surface area contributed by atoms with Crippen molar-refractivity contribution >= 4 is 52.1 Å². The number of nitrogens with one attached hydrogen (secondary N) is 2. The predicted octanol–water partition coefficient (Wildman–Crippen LogP) is 2.90. The smallest absolute Gasteiger partial charge is 0.414 e. The molecule has 4 rings (SSSR count). The van der Waals surface area contributed by atoms with Crippen LogP contribution in [0.3, 0.4) is 0 Å². The number of amides is 2. The largest absolute Gasteiger partial charge is 0.442 e. The first-order valence-electron chi connectivity index (χ1n) is 9.16. The van der Waals surface area contributed by atoms with Crippen molar-refractivity contribution in [2.45, 2.75) is 13.0 Å². The molecule has 0 bridgehead atoms. The second-order valence-corrected chi connectivity index (χ2v) is 8.39. The SMILES string of the molecule is CC1=NCCN(c2ccc(N3CC(CNC(=O)c4ccc(Cl)s4)OC3=O)cc2)N1. The van der Waals surface area contributed by atoms with E-state index in [1.165, 1.54) is 11.3 Å². The summed E-state index contributed by atoms with van der Waals surface area (Å²) in [6.07, 6.45) is -0.834. The van der Waals surface area contributed by atoms with Gasteiger partial charge < -0.3 is 10.1 Å². The molecule has 1 unspecified atom stereocenters. The van der Waals surface area contributed by atoms with E-state index in [0.29, 0.717) is 15.8 Å². The Kier molecular flexibility index (Phi) is 5.59. The van der Waals surface area contributed by atoms with E-state index in [2.05, 4.69) is 15.7 Å². The first-order chi connectivity index (χ1) is 14.0. The second kappa shape index (κ2) is 8.30. The number of hydrogen-bond donors (Lipinski definition) is 2. The van der Waals surface area contributed by atoms with Crippen LogP contribution in [0.2, 0.25) is 4.34 Å². The second-order valence-electron chi connectivity index (χ2n) is 6.68. The highest BCUT2D eigenvalue weighted by molar-refractivity contribution is 7.18. The molecule has 1 saturated heterocycles. The van der Waals surface area contributed by atoms with Crippen molar-refractivity contribution in [1.29, 1.82) is 0 Å². The summed E-state index contributed by atoms with van der Waals surface area (Å²) in [6, 6.07) is 11.0. The molecular weight excluding hydrogens is 414 g/mol. The average molecular weight is 434 g/mol. The maximum Gasteiger partial charge on any atom is 0.414 e. The Morgan fingerprint density at radius 3 is 2.76 bits per heavy atom. The molecule has 3 heterocycles. The van der Waals surface area contributed by atoms with Gasteiger partial charge in [0.25, 0.3) is 5.91 Å². The molecule has 2 N–H and O–H groups in total. The van der Waals surface area contributed by atoms with Crippen LogP contribution in [0.15, 0.2) is 41.4 Å². The zero-order chi connectivity index (χ0) is 20.4. The zero-order valence-corrected chi connectivity index (χ0v) is 17.3. The highest BCUT2D eigenvalue weighted by Crippen LogP contribution is 2.25. The van der Waals surface area contributed by atoms with Gasteiger partial charge in [-0.25, -0.2) is 4.79 Å². The van der Waals surface area contributed by atoms with E-state index in [-0.39, 0.29) is 12.5 Å². The topological polar surface area (TPSA) is 86.3 Å². The predicted molar refractivity (Wildman–Crippen MR) is 114 cm³/mol. The summed E-state index contributed by atoms with van der Waals surface area (Å²) < 4.78 is 5.95. The quantitative estimate of drug-likeness (QED) is 0.757. The minimum atomic E-state index is -0.421. The van der Waals surface area contributed by atoms with Crippen molar-refractivity contribution in [2.24, 2.45) is 4.99 Å². The Morgan fingerprint density at radius 2 is 2.07 bits per heavy atom. The summed E-state index contributed by atoms with van der Waals surface area (Å²) >= 11 is 7.06. The number of thiophene rings is 1. The minimum Gasteiger partial charge on any atom is -0.442 e. The number of aliphatic imine (C=N–C) groups is 1. The highest BCUT2D eigenvalue weighted by atomic mass is 35.5. The number of amidine groups is 1. The van der Waals surface area contributed by atoms with Gasteiger partial charge >= 0.3 is 6.09 Å². The van der Waals surface area contributed by atoms with Crippen molar-refractivity contribution in [3.63, 3.8) is 0 Å². The molecule has 0 radical (unpaired) electrons. The van der Waals surface area contributed by atoms with E-state index in [1.54, 1.807) is 17.0 Å². The molecule has 0 aliphatic carbocycles. The van der Waals surface area contributed by atoms with Crippen molar-refractivity contribution in [3.05, 3.63) is 45.6 Å². The molecule has 1 aromatic heterocycles. The first kappa shape index (κ1) is 19.5. The highest BCUT2D eigenvalue weighted by Gasteiger charge is 2.32. The molecule has 29 heavy (non-hydrogen) atoms. The molecule has 1 aromatic carbocycles. The average Bonchev–Trinajstić information content (AvgIpc) is 3.32. The number of rotatable bonds is 5. The number of carbonyl (C=O) groups excluding carboxylic acids is 2. The summed E-state index contributed by atoms with van der Waals surface area (Å²) in [7, 11) is 0. The van der Waals surface area contributed by atoms with Crippen LogP contribution in [0, 0.1) is 0 Å². The van der Waals surface area contributed by atoms with Gasteiger partial charge in [0.05, 0.1) is 41.1 Å². The fourth-order valence-electron chi connectivity index (χ4n) is 3.18. The van der Waals surface area contributed by atoms with Crippen LogP contribution in [0.4, 0.5) is 16.2 Å². The van der Waals surface area contributed by atoms with E-state index >= 15 is 0 Å². The van der Waals surface area contributed by atoms with Gasteiger partial charge in [0, 0.05) is 5.69 Å². The number of nitrogens with zero attached hydrogens (tertiary/aromatic N) is 3. The lowest BCUT2D eigenvalue weighted by Crippen LogP contribution is -2.46. The van der Waals surface area contributed by atoms with Crippen LogP contribution < -0.4 is 20.7 Å². The fourth-order valence-corrected chi connectivity index (χ4v) is 4.14. The number of benzene rings is 1. The summed E-state index contributed by atoms with van der Waals surface area (Å²) in [5.41, 5.74) is 4.95. The van der Waals surface area contributed by atoms with Gasteiger partial charge in [0.15, 0.2) is 0 Å². The van der Waals surface area contributed by atoms with Crippen LogP contribution in [-0.2, 0) is 4.74 Å². The molecule has 2 amide bonds. The first-order valence-corrected chi connectivity index (χ1v) is 10.4. The van der Waals surface area contributed by atoms with E-state index in [4.69, 9.17) is 16.3 Å². The summed E-state index contributed by atoms with van der Waals surface area (Å²) in [6.45, 7) is 4.05. The number of carbonyl (C=O) groups is 2. The van der Waals surface area contributed by atoms with Gasteiger partial charge in [-0.05, 0) is 43.3 Å². The molecule has 1 atom stereocenters. The Labute approximate surface area is 177 Å². The van der Waals surface area contributed by atoms with Gasteiger partial charge in [-0.2, -0.15) is 0 Å². The van der Waals surface area contributed by atoms with E-state index in [9.17, 15) is 9.59 Å². The molecular formula is C19H20ClN5O3S. The number of anilines is 2. The molecule has 1 fully saturated rings. The van der Waals surface area contributed by atoms with Crippen LogP contribution in [-0.4, -0.2) is 50.1 Å². The third-order valence-corrected chi connectivity index (χ3v) is 5.83. The summed E-state index contributed by atoms with van der Waals surface area (Å²) in [5.74, 6) is 0.645. The van der Waals surface area contributed by atoms with Crippen molar-refractivity contribution < 1.29 is 14.3 Å². The van der Waals surface area contributed by atoms with Crippen molar-refractivity contribution in [1.82, 2.24) is 10.7 Å². The lowest BCUT2D eigenvalue weighted by molar-refractivity contribution is 0.0920. The Morgan fingerprint density at radius 1 is 1.31 bits per heavy atom. The third kappa shape index (κ3) is 4.46. The Hall–Kier alpha value is -2.78. The number of hydrazine groups is 1. The zero-order valence-electron chi connectivity index (χ0n) is 15.7. The molecule has 152 valence electrons. The molecule has 8 nitrogen and oxygen atoms in total. The molecule has 2 aliphatic heterocycles. The number of ether oxygens (including phenoxy) is 1. The Bertz CT molecular complexity index is 946. The van der Waals surface area contributed by atoms with Gasteiger partial charge in [0.2, 0.25) is 0 Å². The van der Waals surface area contributed by atoms with E-state index in [1.807, 2.05) is 36.2 Å². The monoisotopic (exact) mass is 433 g/mol. The maximum atomic E-state index is 12.3. The Balaban J connectivity index is 1.34. The lowest BCUT2D eigenvalue weighted by atomic mass is 10.2. The van der Waals surface area contributed by atoms with E-state index < -0.39 is 12.2 Å². The van der Waals surface area contributed by atoms with Crippen molar-refractivity contribution in [2.75, 3.05) is 36.1 Å². The van der Waals surface area contributed by atoms with Gasteiger partial charge in [-0.15, -0.1) is 11.3 Å². The number of hydrogen-bond acceptors (Lipinski definition) is 7. The standard InChI is InChI=1S/C19H20ClN5O3S/c1-12-21-8-9-25(23-12)14-4-2-13(3-5-14)24-11-15(28-19(24)27)10-22-18(26)16-6-7-17(20)29-16/h2-7,15H,8-11H2,1H3,(H,21,23)(H,22,26). The van der Waals surface area contributed by atoms with Crippen LogP contribution in [0.25, 0.3) is 0 Å². The normalized spacial score (nSPS) is 18.9. The minimum absolute atomic E-state index is 0.228. The fraction of sp³-hybridized carbons (Fsp3) is 0.316. The molecule has 0 saturated carbocycles.